The van der Waals surface area contributed by atoms with E-state index in [9.17, 15) is 9.59 Å². The van der Waals surface area contributed by atoms with Crippen LogP contribution in [0.3, 0.4) is 0 Å². The zero-order chi connectivity index (χ0) is 10.6. The first kappa shape index (κ1) is 9.65. The zero-order valence-corrected chi connectivity index (χ0v) is 8.89. The molecular weight excluding hydrogens is 180 g/mol. The number of amides is 2. The molecule has 1 aliphatic carbocycles. The number of piperazine rings is 1. The summed E-state index contributed by atoms with van der Waals surface area (Å²) in [6, 6.07) is 0. The van der Waals surface area contributed by atoms with E-state index in [-0.39, 0.29) is 17.2 Å². The molecule has 78 valence electrons. The van der Waals surface area contributed by atoms with E-state index in [0.717, 1.165) is 12.8 Å². The average molecular weight is 196 g/mol. The fourth-order valence-electron chi connectivity index (χ4n) is 2.24. The Morgan fingerprint density at radius 1 is 1.29 bits per heavy atom. The molecule has 1 aliphatic heterocycles. The summed E-state index contributed by atoms with van der Waals surface area (Å²) >= 11 is 0. The Balaban J connectivity index is 2.33. The maximum atomic E-state index is 11.8. The molecule has 1 saturated heterocycles. The summed E-state index contributed by atoms with van der Waals surface area (Å²) in [5.74, 6) is -0.338. The Hall–Kier alpha value is -0.900. The first-order chi connectivity index (χ1) is 6.40. The second-order valence-corrected chi connectivity index (χ2v) is 4.87. The van der Waals surface area contributed by atoms with E-state index in [1.165, 1.54) is 0 Å². The third kappa shape index (κ3) is 1.03. The van der Waals surface area contributed by atoms with Gasteiger partial charge in [0.05, 0.1) is 6.54 Å². The second kappa shape index (κ2) is 2.57. The summed E-state index contributed by atoms with van der Waals surface area (Å²) in [6.45, 7) is 4.36. The number of likely N-dealkylation sites (N-methyl/N-ethyl adjacent to an activating group) is 1. The Kier molecular flexibility index (Phi) is 1.77. The van der Waals surface area contributed by atoms with Gasteiger partial charge in [-0.1, -0.05) is 6.92 Å². The van der Waals surface area contributed by atoms with E-state index >= 15 is 0 Å². The van der Waals surface area contributed by atoms with Gasteiger partial charge in [0, 0.05) is 0 Å². The molecule has 2 aliphatic rings. The van der Waals surface area contributed by atoms with Crippen molar-refractivity contribution in [3.63, 3.8) is 0 Å². The van der Waals surface area contributed by atoms with Crippen LogP contribution >= 0.6 is 0 Å². The van der Waals surface area contributed by atoms with Crippen LogP contribution in [0.1, 0.15) is 26.7 Å². The lowest BCUT2D eigenvalue weighted by molar-refractivity contribution is -0.148. The van der Waals surface area contributed by atoms with Crippen molar-refractivity contribution in [2.24, 2.45) is 5.41 Å². The fraction of sp³-hybridized carbons (Fsp3) is 0.800. The maximum absolute atomic E-state index is 11.8. The van der Waals surface area contributed by atoms with Gasteiger partial charge in [-0.05, 0) is 32.2 Å². The molecule has 0 aromatic heterocycles. The van der Waals surface area contributed by atoms with Gasteiger partial charge < -0.3 is 0 Å². The number of hydrogen-bond donors (Lipinski definition) is 1. The van der Waals surface area contributed by atoms with Crippen molar-refractivity contribution in [3.05, 3.63) is 0 Å². The molecule has 2 fully saturated rings. The van der Waals surface area contributed by atoms with Gasteiger partial charge in [0.15, 0.2) is 0 Å². The first-order valence-electron chi connectivity index (χ1n) is 4.96. The van der Waals surface area contributed by atoms with Crippen LogP contribution in [0.4, 0.5) is 0 Å². The predicted molar refractivity (Wildman–Crippen MR) is 51.5 cm³/mol. The summed E-state index contributed by atoms with van der Waals surface area (Å²) in [5.41, 5.74) is -0.465. The van der Waals surface area contributed by atoms with E-state index in [4.69, 9.17) is 0 Å². The lowest BCUT2D eigenvalue weighted by atomic mass is 9.80. The third-order valence-corrected chi connectivity index (χ3v) is 4.01. The topological polar surface area (TPSA) is 49.4 Å². The SMILES string of the molecule is CN1CC(=O)NC(=O)C1(C)C1(C)CC1. The predicted octanol–water partition coefficient (Wildman–Crippen LogP) is 0.133. The van der Waals surface area contributed by atoms with Crippen LogP contribution < -0.4 is 5.32 Å². The minimum atomic E-state index is -0.513. The van der Waals surface area contributed by atoms with Crippen molar-refractivity contribution in [1.29, 1.82) is 0 Å². The number of hydrogen-bond acceptors (Lipinski definition) is 3. The van der Waals surface area contributed by atoms with Crippen molar-refractivity contribution in [2.75, 3.05) is 13.6 Å². The number of imide groups is 1. The highest BCUT2D eigenvalue weighted by atomic mass is 16.2. The second-order valence-electron chi connectivity index (χ2n) is 4.87. The van der Waals surface area contributed by atoms with Gasteiger partial charge in [0.25, 0.3) is 0 Å². The van der Waals surface area contributed by atoms with Crippen molar-refractivity contribution in [2.45, 2.75) is 32.2 Å². The Bertz CT molecular complexity index is 309. The molecule has 4 nitrogen and oxygen atoms in total. The molecule has 14 heavy (non-hydrogen) atoms. The zero-order valence-electron chi connectivity index (χ0n) is 8.89. The molecule has 1 heterocycles. The van der Waals surface area contributed by atoms with Crippen LogP contribution in [0.2, 0.25) is 0 Å². The lowest BCUT2D eigenvalue weighted by Crippen LogP contribution is -2.67. The summed E-state index contributed by atoms with van der Waals surface area (Å²) < 4.78 is 0. The van der Waals surface area contributed by atoms with Crippen molar-refractivity contribution >= 4 is 11.8 Å². The summed E-state index contributed by atoms with van der Waals surface area (Å²) in [7, 11) is 1.85. The standard InChI is InChI=1S/C10H16N2O2/c1-9(4-5-9)10(2)8(14)11-7(13)6-12(10)3/h4-6H2,1-3H3,(H,11,13,14). The number of carbonyl (C=O) groups excluding carboxylic acids is 2. The summed E-state index contributed by atoms with van der Waals surface area (Å²) in [5, 5.41) is 2.43. The monoisotopic (exact) mass is 196 g/mol. The van der Waals surface area contributed by atoms with E-state index < -0.39 is 5.54 Å². The smallest absolute Gasteiger partial charge is 0.247 e. The molecule has 1 unspecified atom stereocenters. The highest BCUT2D eigenvalue weighted by molar-refractivity contribution is 6.03. The highest BCUT2D eigenvalue weighted by Crippen LogP contribution is 2.56. The number of nitrogens with zero attached hydrogens (tertiary/aromatic N) is 1. The van der Waals surface area contributed by atoms with Crippen LogP contribution in [-0.2, 0) is 9.59 Å². The van der Waals surface area contributed by atoms with Gasteiger partial charge in [-0.25, -0.2) is 0 Å². The van der Waals surface area contributed by atoms with Crippen molar-refractivity contribution < 1.29 is 9.59 Å². The minimum absolute atomic E-state index is 0.0481. The molecule has 0 aromatic carbocycles. The molecule has 0 bridgehead atoms. The Morgan fingerprint density at radius 3 is 2.29 bits per heavy atom. The molecule has 1 N–H and O–H groups in total. The normalized spacial score (nSPS) is 36.8. The van der Waals surface area contributed by atoms with Gasteiger partial charge in [-0.3, -0.25) is 19.8 Å². The van der Waals surface area contributed by atoms with Gasteiger partial charge >= 0.3 is 0 Å². The van der Waals surface area contributed by atoms with Gasteiger partial charge in [-0.2, -0.15) is 0 Å². The van der Waals surface area contributed by atoms with E-state index in [1.54, 1.807) is 0 Å². The molecule has 1 atom stereocenters. The first-order valence-corrected chi connectivity index (χ1v) is 4.96. The van der Waals surface area contributed by atoms with E-state index in [1.807, 2.05) is 18.9 Å². The van der Waals surface area contributed by atoms with Crippen LogP contribution in [0, 0.1) is 5.41 Å². The quantitative estimate of drug-likeness (QED) is 0.607. The van der Waals surface area contributed by atoms with Crippen molar-refractivity contribution in [3.8, 4) is 0 Å². The molecule has 0 radical (unpaired) electrons. The van der Waals surface area contributed by atoms with E-state index in [0.29, 0.717) is 6.54 Å². The largest absolute Gasteiger partial charge is 0.294 e. The Morgan fingerprint density at radius 2 is 1.86 bits per heavy atom. The maximum Gasteiger partial charge on any atom is 0.247 e. The summed E-state index contributed by atoms with van der Waals surface area (Å²) in [4.78, 5) is 24.9. The molecular formula is C10H16N2O2. The molecule has 4 heteroatoms. The number of rotatable bonds is 1. The molecule has 0 spiro atoms. The molecule has 2 amide bonds. The molecule has 0 aromatic rings. The summed E-state index contributed by atoms with van der Waals surface area (Å²) in [6.07, 6.45) is 2.13. The van der Waals surface area contributed by atoms with Crippen molar-refractivity contribution in [1.82, 2.24) is 10.2 Å². The van der Waals surface area contributed by atoms with E-state index in [2.05, 4.69) is 12.2 Å². The van der Waals surface area contributed by atoms with Gasteiger partial charge in [-0.15, -0.1) is 0 Å². The lowest BCUT2D eigenvalue weighted by Gasteiger charge is -2.44. The average Bonchev–Trinajstić information content (AvgIpc) is 2.80. The van der Waals surface area contributed by atoms with Crippen LogP contribution in [0.15, 0.2) is 0 Å². The fourth-order valence-corrected chi connectivity index (χ4v) is 2.24. The molecule has 2 rings (SSSR count). The highest BCUT2D eigenvalue weighted by Gasteiger charge is 2.61. The van der Waals surface area contributed by atoms with Crippen LogP contribution in [0.5, 0.6) is 0 Å². The van der Waals surface area contributed by atoms with Gasteiger partial charge in [0.1, 0.15) is 5.54 Å². The molecule has 1 saturated carbocycles. The Labute approximate surface area is 83.6 Å². The van der Waals surface area contributed by atoms with Gasteiger partial charge in [0.2, 0.25) is 11.8 Å². The van der Waals surface area contributed by atoms with Crippen LogP contribution in [0.25, 0.3) is 0 Å². The number of nitrogens with one attached hydrogen (secondary N) is 1. The minimum Gasteiger partial charge on any atom is -0.294 e. The third-order valence-electron chi connectivity index (χ3n) is 4.01. The number of carbonyl (C=O) groups is 2. The van der Waals surface area contributed by atoms with Crippen LogP contribution in [-0.4, -0.2) is 35.8 Å².